The van der Waals surface area contributed by atoms with Gasteiger partial charge in [-0.2, -0.15) is 0 Å². The number of H-pyrrole nitrogens is 2. The predicted octanol–water partition coefficient (Wildman–Crippen LogP) is -0.421. The molecule has 2 heterocycles. The van der Waals surface area contributed by atoms with Crippen molar-refractivity contribution >= 4 is 34.6 Å². The molecule has 1 aromatic carbocycles. The number of rotatable bonds is 13. The maximum atomic E-state index is 13.5. The topological polar surface area (TPSA) is 215 Å². The molecule has 3 rings (SSSR count). The maximum Gasteiger partial charge on any atom is 0.328 e. The molecule has 0 aliphatic carbocycles. The Hall–Kier alpha value is -4.23. The molecule has 0 saturated heterocycles. The van der Waals surface area contributed by atoms with E-state index in [0.29, 0.717) is 11.3 Å². The molecule has 3 aromatic rings. The molecule has 13 nitrogen and oxygen atoms in total. The third kappa shape index (κ3) is 7.65. The number of aliphatic hydroxyl groups is 1. The van der Waals surface area contributed by atoms with Gasteiger partial charge in [0.2, 0.25) is 17.7 Å². The number of nitrogens with two attached hydrogens (primary N) is 1. The standard InChI is InChI=1S/C26H35N7O6/c1-13(2)21(27)25(37)32-20(9-16-11-28-12-30-16)23(35)31-19(24(36)33-22(14(3)34)26(38)39)8-15-10-29-18-7-5-4-6-17(15)18/h4-7,10-14,19-22,29,34H,8-9,27H2,1-3H3,(H,28,30)(H,31,35)(H,32,37)(H,33,36)(H,38,39). The highest BCUT2D eigenvalue weighted by Crippen LogP contribution is 2.19. The van der Waals surface area contributed by atoms with Crippen molar-refractivity contribution in [3.63, 3.8) is 0 Å². The van der Waals surface area contributed by atoms with E-state index in [0.717, 1.165) is 10.9 Å². The number of amides is 3. The summed E-state index contributed by atoms with van der Waals surface area (Å²) < 4.78 is 0. The number of benzene rings is 1. The minimum Gasteiger partial charge on any atom is -0.480 e. The summed E-state index contributed by atoms with van der Waals surface area (Å²) in [5.74, 6) is -3.65. The summed E-state index contributed by atoms with van der Waals surface area (Å²) in [7, 11) is 0. The number of hydrogen-bond donors (Lipinski definition) is 8. The van der Waals surface area contributed by atoms with Crippen molar-refractivity contribution in [2.45, 2.75) is 63.9 Å². The minimum absolute atomic E-state index is 0.00394. The molecule has 0 bridgehead atoms. The number of imidazole rings is 1. The number of nitrogens with zero attached hydrogens (tertiary/aromatic N) is 1. The number of aliphatic hydroxyl groups excluding tert-OH is 1. The summed E-state index contributed by atoms with van der Waals surface area (Å²) in [4.78, 5) is 61.0. The number of carbonyl (C=O) groups excluding carboxylic acids is 3. The van der Waals surface area contributed by atoms with E-state index in [1.807, 2.05) is 24.3 Å². The third-order valence-electron chi connectivity index (χ3n) is 6.41. The Kier molecular flexibility index (Phi) is 9.79. The van der Waals surface area contributed by atoms with Crippen LogP contribution in [0.1, 0.15) is 32.0 Å². The fourth-order valence-electron chi connectivity index (χ4n) is 4.04. The van der Waals surface area contributed by atoms with Crippen LogP contribution in [-0.4, -0.2) is 79.1 Å². The molecule has 5 unspecified atom stereocenters. The van der Waals surface area contributed by atoms with Gasteiger partial charge in [-0.1, -0.05) is 32.0 Å². The van der Waals surface area contributed by atoms with Gasteiger partial charge in [0.25, 0.3) is 0 Å². The van der Waals surface area contributed by atoms with E-state index in [4.69, 9.17) is 5.73 Å². The molecule has 0 aliphatic heterocycles. The molecular weight excluding hydrogens is 506 g/mol. The molecule has 9 N–H and O–H groups in total. The Bertz CT molecular complexity index is 1290. The molecule has 2 aromatic heterocycles. The summed E-state index contributed by atoms with van der Waals surface area (Å²) >= 11 is 0. The molecule has 5 atom stereocenters. The first-order valence-corrected chi connectivity index (χ1v) is 12.6. The highest BCUT2D eigenvalue weighted by Gasteiger charge is 2.33. The second kappa shape index (κ2) is 13.0. The second-order valence-corrected chi connectivity index (χ2v) is 9.80. The lowest BCUT2D eigenvalue weighted by molar-refractivity contribution is -0.145. The Labute approximate surface area is 225 Å². The van der Waals surface area contributed by atoms with Crippen LogP contribution in [0.25, 0.3) is 10.9 Å². The van der Waals surface area contributed by atoms with Crippen molar-refractivity contribution in [1.29, 1.82) is 0 Å². The zero-order valence-electron chi connectivity index (χ0n) is 22.0. The van der Waals surface area contributed by atoms with Crippen molar-refractivity contribution in [3.8, 4) is 0 Å². The highest BCUT2D eigenvalue weighted by molar-refractivity contribution is 5.95. The molecule has 210 valence electrons. The van der Waals surface area contributed by atoms with E-state index in [2.05, 4.69) is 30.9 Å². The molecular formula is C26H35N7O6. The zero-order chi connectivity index (χ0) is 28.7. The molecule has 39 heavy (non-hydrogen) atoms. The van der Waals surface area contributed by atoms with Gasteiger partial charge < -0.3 is 41.9 Å². The lowest BCUT2D eigenvalue weighted by Gasteiger charge is -2.26. The van der Waals surface area contributed by atoms with Crippen molar-refractivity contribution in [2.24, 2.45) is 11.7 Å². The van der Waals surface area contributed by atoms with Gasteiger partial charge in [-0.05, 0) is 24.5 Å². The average molecular weight is 542 g/mol. The minimum atomic E-state index is -1.59. The number of fused-ring (bicyclic) bond motifs is 1. The SMILES string of the molecule is CC(C)C(N)C(=O)NC(Cc1cnc[nH]1)C(=O)NC(Cc1c[nH]c2ccccc12)C(=O)NC(C(=O)O)C(C)O. The Morgan fingerprint density at radius 2 is 1.59 bits per heavy atom. The summed E-state index contributed by atoms with van der Waals surface area (Å²) in [5.41, 5.74) is 8.05. The smallest absolute Gasteiger partial charge is 0.328 e. The number of carboxylic acids is 1. The van der Waals surface area contributed by atoms with E-state index in [1.54, 1.807) is 20.0 Å². The summed E-state index contributed by atoms with van der Waals surface area (Å²) in [6.07, 6.45) is 3.29. The molecule has 0 spiro atoms. The van der Waals surface area contributed by atoms with Crippen molar-refractivity contribution in [1.82, 2.24) is 30.9 Å². The first kappa shape index (κ1) is 29.3. The van der Waals surface area contributed by atoms with Gasteiger partial charge in [0.05, 0.1) is 18.5 Å². The number of carboxylic acid groups (broad SMARTS) is 1. The molecule has 3 amide bonds. The van der Waals surface area contributed by atoms with Crippen molar-refractivity contribution < 1.29 is 29.4 Å². The number of aromatic nitrogens is 3. The number of hydrogen-bond acceptors (Lipinski definition) is 7. The van der Waals surface area contributed by atoms with Gasteiger partial charge in [0.15, 0.2) is 6.04 Å². The Morgan fingerprint density at radius 1 is 0.949 bits per heavy atom. The highest BCUT2D eigenvalue weighted by atomic mass is 16.4. The van der Waals surface area contributed by atoms with E-state index in [-0.39, 0.29) is 18.8 Å². The van der Waals surface area contributed by atoms with Crippen LogP contribution >= 0.6 is 0 Å². The van der Waals surface area contributed by atoms with Gasteiger partial charge in [-0.15, -0.1) is 0 Å². The summed E-state index contributed by atoms with van der Waals surface area (Å²) in [6, 6.07) is 2.56. The first-order valence-electron chi connectivity index (χ1n) is 12.6. The van der Waals surface area contributed by atoms with Crippen molar-refractivity contribution in [2.75, 3.05) is 0 Å². The van der Waals surface area contributed by atoms with Crippen LogP contribution < -0.4 is 21.7 Å². The number of nitrogens with one attached hydrogen (secondary N) is 5. The van der Waals surface area contributed by atoms with Crippen LogP contribution in [0.3, 0.4) is 0 Å². The summed E-state index contributed by atoms with van der Waals surface area (Å²) in [6.45, 7) is 4.79. The Morgan fingerprint density at radius 3 is 2.21 bits per heavy atom. The second-order valence-electron chi connectivity index (χ2n) is 9.80. The van der Waals surface area contributed by atoms with Gasteiger partial charge >= 0.3 is 5.97 Å². The van der Waals surface area contributed by atoms with E-state index >= 15 is 0 Å². The fraction of sp³-hybridized carbons (Fsp3) is 0.423. The summed E-state index contributed by atoms with van der Waals surface area (Å²) in [5, 5.41) is 27.7. The Balaban J connectivity index is 1.89. The normalized spacial score (nSPS) is 15.2. The fourth-order valence-corrected chi connectivity index (χ4v) is 4.04. The maximum absolute atomic E-state index is 13.5. The lowest BCUT2D eigenvalue weighted by atomic mass is 10.0. The van der Waals surface area contributed by atoms with Gasteiger partial charge in [0, 0.05) is 41.8 Å². The van der Waals surface area contributed by atoms with Gasteiger partial charge in [-0.25, -0.2) is 9.78 Å². The first-order chi connectivity index (χ1) is 18.5. The predicted molar refractivity (Wildman–Crippen MR) is 142 cm³/mol. The molecule has 0 radical (unpaired) electrons. The van der Waals surface area contributed by atoms with Crippen LogP contribution in [0.2, 0.25) is 0 Å². The number of aliphatic carboxylic acids is 1. The van der Waals surface area contributed by atoms with Crippen LogP contribution in [0.4, 0.5) is 0 Å². The lowest BCUT2D eigenvalue weighted by Crippen LogP contribution is -2.59. The van der Waals surface area contributed by atoms with Gasteiger partial charge in [0.1, 0.15) is 12.1 Å². The average Bonchev–Trinajstić information content (AvgIpc) is 3.55. The molecule has 13 heteroatoms. The quantitative estimate of drug-likeness (QED) is 0.142. The van der Waals surface area contributed by atoms with E-state index < -0.39 is 54.0 Å². The molecule has 0 saturated carbocycles. The van der Waals surface area contributed by atoms with Crippen LogP contribution in [0, 0.1) is 5.92 Å². The number of carbonyl (C=O) groups is 4. The van der Waals surface area contributed by atoms with Crippen LogP contribution in [-0.2, 0) is 32.0 Å². The van der Waals surface area contributed by atoms with E-state index in [1.165, 1.54) is 19.4 Å². The zero-order valence-corrected chi connectivity index (χ0v) is 22.0. The van der Waals surface area contributed by atoms with Crippen LogP contribution in [0.15, 0.2) is 43.0 Å². The molecule has 0 fully saturated rings. The number of aromatic amines is 2. The van der Waals surface area contributed by atoms with Gasteiger partial charge in [-0.3, -0.25) is 14.4 Å². The number of para-hydroxylation sites is 1. The monoisotopic (exact) mass is 541 g/mol. The third-order valence-corrected chi connectivity index (χ3v) is 6.41. The molecule has 0 aliphatic rings. The van der Waals surface area contributed by atoms with Crippen molar-refractivity contribution in [3.05, 3.63) is 54.2 Å². The van der Waals surface area contributed by atoms with E-state index in [9.17, 15) is 29.4 Å². The largest absolute Gasteiger partial charge is 0.480 e. The van der Waals surface area contributed by atoms with Crippen LogP contribution in [0.5, 0.6) is 0 Å².